The normalized spacial score (nSPS) is 10.2. The molecule has 0 aromatic carbocycles. The smallest absolute Gasteiger partial charge is 0.149 e. The molecule has 0 spiro atoms. The van der Waals surface area contributed by atoms with Crippen molar-refractivity contribution < 1.29 is 0 Å². The third-order valence-electron chi connectivity index (χ3n) is 1.10. The molecule has 11 heavy (non-hydrogen) atoms. The molecule has 1 aromatic heterocycles. The average Bonchev–Trinajstić information content (AvgIpc) is 1.97. The summed E-state index contributed by atoms with van der Waals surface area (Å²) >= 11 is 19.2. The van der Waals surface area contributed by atoms with Gasteiger partial charge in [-0.1, -0.05) is 57.4 Å². The molecular weight excluding hydrogens is 319 g/mol. The topological polar surface area (TPSA) is 12.9 Å². The molecule has 0 unspecified atom stereocenters. The van der Waals surface area contributed by atoms with E-state index in [1.165, 1.54) is 0 Å². The third kappa shape index (κ3) is 2.34. The van der Waals surface area contributed by atoms with Crippen LogP contribution >= 0.6 is 57.4 Å². The van der Waals surface area contributed by atoms with Crippen molar-refractivity contribution in [2.24, 2.45) is 0 Å². The number of nitrogens with zero attached hydrogens (tertiary/aromatic N) is 1. The molecule has 0 fully saturated rings. The number of hydrogen-bond donors (Lipinski definition) is 0. The largest absolute Gasteiger partial charge is 0.223 e. The Bertz CT molecular complexity index is 277. The van der Waals surface area contributed by atoms with E-state index in [-0.39, 0.29) is 5.15 Å². The summed E-state index contributed by atoms with van der Waals surface area (Å²) in [6.07, 6.45) is 0. The van der Waals surface area contributed by atoms with Crippen LogP contribution in [0, 0.1) is 0 Å². The van der Waals surface area contributed by atoms with Gasteiger partial charge in [-0.3, -0.25) is 0 Å². The van der Waals surface area contributed by atoms with Crippen LogP contribution in [0.4, 0.5) is 0 Å². The van der Waals surface area contributed by atoms with Gasteiger partial charge in [-0.15, -0.1) is 0 Å². The van der Waals surface area contributed by atoms with Gasteiger partial charge in [-0.05, 0) is 6.07 Å². The Hall–Kier alpha value is 0.750. The Morgan fingerprint density at radius 3 is 2.45 bits per heavy atom. The monoisotopic (exact) mass is 321 g/mol. The van der Waals surface area contributed by atoms with E-state index in [0.717, 1.165) is 9.99 Å². The third-order valence-corrected chi connectivity index (χ3v) is 2.93. The zero-order valence-electron chi connectivity index (χ0n) is 5.24. The summed E-state index contributed by atoms with van der Waals surface area (Å²) < 4.78 is 0.778. The van der Waals surface area contributed by atoms with Crippen molar-refractivity contribution in [3.05, 3.63) is 27.0 Å². The van der Waals surface area contributed by atoms with Crippen molar-refractivity contribution in [1.29, 1.82) is 0 Å². The van der Waals surface area contributed by atoms with E-state index in [2.05, 4.69) is 27.6 Å². The quantitative estimate of drug-likeness (QED) is 0.433. The van der Waals surface area contributed by atoms with Gasteiger partial charge in [0, 0.05) is 9.99 Å². The lowest BCUT2D eigenvalue weighted by atomic mass is 10.3. The molecule has 1 rings (SSSR count). The first-order valence-corrected chi connectivity index (χ1v) is 5.37. The summed E-state index contributed by atoms with van der Waals surface area (Å²) in [5.74, 6) is 0. The Balaban J connectivity index is 3.21. The van der Waals surface area contributed by atoms with Gasteiger partial charge in [0.15, 0.2) is 0 Å². The van der Waals surface area contributed by atoms with Gasteiger partial charge in [0.2, 0.25) is 0 Å². The van der Waals surface area contributed by atoms with E-state index in [0.29, 0.717) is 10.2 Å². The molecule has 0 aliphatic carbocycles. The fourth-order valence-electron chi connectivity index (χ4n) is 0.577. The summed E-state index contributed by atoms with van der Waals surface area (Å²) in [4.78, 5) is 3.84. The first-order chi connectivity index (χ1) is 5.15. The molecule has 0 atom stereocenters. The highest BCUT2D eigenvalue weighted by atomic mass is 127. The fourth-order valence-corrected chi connectivity index (χ4v) is 1.95. The Labute approximate surface area is 93.2 Å². The van der Waals surface area contributed by atoms with Gasteiger partial charge >= 0.3 is 0 Å². The zero-order valence-corrected chi connectivity index (χ0v) is 9.67. The molecule has 1 heterocycles. The number of pyridine rings is 1. The predicted molar refractivity (Wildman–Crippen MR) is 57.0 cm³/mol. The van der Waals surface area contributed by atoms with E-state index in [1.54, 1.807) is 6.07 Å². The van der Waals surface area contributed by atoms with E-state index in [4.69, 9.17) is 34.8 Å². The molecule has 0 aliphatic heterocycles. The molecule has 0 amide bonds. The van der Waals surface area contributed by atoms with Gasteiger partial charge in [0.1, 0.15) is 10.3 Å². The standard InChI is InChI=1S/C6H3Cl3IN/c7-4-1-3(2-10)5(8)11-6(4)9/h1H,2H2. The second-order valence-electron chi connectivity index (χ2n) is 1.84. The van der Waals surface area contributed by atoms with Gasteiger partial charge in [0.05, 0.1) is 5.02 Å². The number of rotatable bonds is 1. The molecule has 0 aliphatic rings. The summed E-state index contributed by atoms with van der Waals surface area (Å²) in [7, 11) is 0. The molecule has 60 valence electrons. The molecule has 0 bridgehead atoms. The number of halogens is 4. The Morgan fingerprint density at radius 2 is 1.91 bits per heavy atom. The maximum Gasteiger partial charge on any atom is 0.149 e. The average molecular weight is 322 g/mol. The first kappa shape index (κ1) is 9.84. The van der Waals surface area contributed by atoms with E-state index in [1.807, 2.05) is 0 Å². The lowest BCUT2D eigenvalue weighted by molar-refractivity contribution is 1.26. The van der Waals surface area contributed by atoms with Gasteiger partial charge in [-0.2, -0.15) is 0 Å². The molecular formula is C6H3Cl3IN. The molecule has 1 aromatic rings. The molecule has 1 nitrogen and oxygen atoms in total. The summed E-state index contributed by atoms with van der Waals surface area (Å²) in [5, 5.41) is 1.13. The highest BCUT2D eigenvalue weighted by Gasteiger charge is 2.05. The second-order valence-corrected chi connectivity index (χ2v) is 3.73. The van der Waals surface area contributed by atoms with Crippen LogP contribution in [0.1, 0.15) is 5.56 Å². The number of aromatic nitrogens is 1. The number of hydrogen-bond acceptors (Lipinski definition) is 1. The number of alkyl halides is 1. The van der Waals surface area contributed by atoms with Gasteiger partial charge in [0.25, 0.3) is 0 Å². The SMILES string of the molecule is Clc1cc(CI)c(Cl)nc1Cl. The van der Waals surface area contributed by atoms with E-state index >= 15 is 0 Å². The minimum atomic E-state index is 0.255. The molecule has 0 N–H and O–H groups in total. The fraction of sp³-hybridized carbons (Fsp3) is 0.167. The molecule has 0 saturated carbocycles. The van der Waals surface area contributed by atoms with Crippen LogP contribution < -0.4 is 0 Å². The van der Waals surface area contributed by atoms with Gasteiger partial charge < -0.3 is 0 Å². The van der Waals surface area contributed by atoms with Crippen LogP contribution in [0.15, 0.2) is 6.07 Å². The van der Waals surface area contributed by atoms with Crippen molar-refractivity contribution in [2.75, 3.05) is 0 Å². The van der Waals surface area contributed by atoms with E-state index in [9.17, 15) is 0 Å². The maximum atomic E-state index is 5.74. The van der Waals surface area contributed by atoms with Crippen LogP contribution in [-0.2, 0) is 4.43 Å². The zero-order chi connectivity index (χ0) is 8.43. The minimum absolute atomic E-state index is 0.255. The van der Waals surface area contributed by atoms with Crippen molar-refractivity contribution >= 4 is 57.4 Å². The lowest BCUT2D eigenvalue weighted by Gasteiger charge is -2.00. The van der Waals surface area contributed by atoms with Crippen LogP contribution in [0.2, 0.25) is 15.3 Å². The molecule has 5 heteroatoms. The highest BCUT2D eigenvalue weighted by Crippen LogP contribution is 2.26. The first-order valence-electron chi connectivity index (χ1n) is 2.71. The molecule has 0 radical (unpaired) electrons. The predicted octanol–water partition coefficient (Wildman–Crippen LogP) is 3.98. The second kappa shape index (κ2) is 4.12. The van der Waals surface area contributed by atoms with Crippen LogP contribution in [0.5, 0.6) is 0 Å². The van der Waals surface area contributed by atoms with Gasteiger partial charge in [-0.25, -0.2) is 4.98 Å². The van der Waals surface area contributed by atoms with Crippen molar-refractivity contribution in [3.63, 3.8) is 0 Å². The molecule has 0 saturated heterocycles. The maximum absolute atomic E-state index is 5.74. The summed E-state index contributed by atoms with van der Waals surface area (Å²) in [6, 6.07) is 1.73. The van der Waals surface area contributed by atoms with Crippen molar-refractivity contribution in [2.45, 2.75) is 4.43 Å². The Kier molecular flexibility index (Phi) is 3.68. The summed E-state index contributed by atoms with van der Waals surface area (Å²) in [6.45, 7) is 0. The minimum Gasteiger partial charge on any atom is -0.223 e. The van der Waals surface area contributed by atoms with Crippen LogP contribution in [0.3, 0.4) is 0 Å². The van der Waals surface area contributed by atoms with Crippen molar-refractivity contribution in [3.8, 4) is 0 Å². The Morgan fingerprint density at radius 1 is 1.27 bits per heavy atom. The van der Waals surface area contributed by atoms with Crippen LogP contribution in [0.25, 0.3) is 0 Å². The highest BCUT2D eigenvalue weighted by molar-refractivity contribution is 14.1. The van der Waals surface area contributed by atoms with Crippen LogP contribution in [-0.4, -0.2) is 4.98 Å². The lowest BCUT2D eigenvalue weighted by Crippen LogP contribution is -1.85. The van der Waals surface area contributed by atoms with E-state index < -0.39 is 0 Å². The summed E-state index contributed by atoms with van der Waals surface area (Å²) in [5.41, 5.74) is 0.904. The van der Waals surface area contributed by atoms with Crippen molar-refractivity contribution in [1.82, 2.24) is 4.98 Å².